The van der Waals surface area contributed by atoms with Crippen LogP contribution in [0.1, 0.15) is 0 Å². The molecule has 0 saturated carbocycles. The Balaban J connectivity index is -0.00000000655. The molecule has 0 aromatic heterocycles. The van der Waals surface area contributed by atoms with Gasteiger partial charge >= 0.3 is 21.1 Å². The van der Waals surface area contributed by atoms with E-state index < -0.39 is 0 Å². The van der Waals surface area contributed by atoms with Crippen molar-refractivity contribution in [3.05, 3.63) is 0 Å². The Morgan fingerprint density at radius 1 is 0.308 bits per heavy atom. The van der Waals surface area contributed by atoms with Crippen molar-refractivity contribution >= 4 is 0 Å². The van der Waals surface area contributed by atoms with Crippen molar-refractivity contribution in [2.75, 3.05) is 42.7 Å². The summed E-state index contributed by atoms with van der Waals surface area (Å²) in [5.41, 5.74) is 0. The second kappa shape index (κ2) is 8120. The van der Waals surface area contributed by atoms with Crippen LogP contribution in [0.15, 0.2) is 0 Å². The molecule has 84 valence electrons. The van der Waals surface area contributed by atoms with E-state index in [1.807, 2.05) is 0 Å². The standard InChI is InChI=1S/6CH3O.Mo/c6*1-2;/h6*1H3;/q6*-1;+6. The summed E-state index contributed by atoms with van der Waals surface area (Å²) in [4.78, 5) is 0. The van der Waals surface area contributed by atoms with Crippen LogP contribution in [0, 0.1) is 0 Å². The number of rotatable bonds is 0. The zero-order valence-corrected chi connectivity index (χ0v) is 10.9. The van der Waals surface area contributed by atoms with Gasteiger partial charge in [-0.15, -0.1) is 0 Å². The summed E-state index contributed by atoms with van der Waals surface area (Å²) in [6, 6.07) is 0. The first kappa shape index (κ1) is 50.1. The first-order valence-corrected chi connectivity index (χ1v) is 2.45. The molecule has 7 heteroatoms. The van der Waals surface area contributed by atoms with Crippen molar-refractivity contribution in [2.24, 2.45) is 0 Å². The van der Waals surface area contributed by atoms with E-state index in [1.54, 1.807) is 0 Å². The first-order valence-electron chi connectivity index (χ1n) is 2.45. The molecular formula is C6H18MoO6. The van der Waals surface area contributed by atoms with Crippen LogP contribution in [0.2, 0.25) is 0 Å². The quantitative estimate of drug-likeness (QED) is 0.405. The minimum atomic E-state index is 0. The van der Waals surface area contributed by atoms with Gasteiger partial charge in [-0.05, 0) is 0 Å². The molecule has 0 bridgehead atoms. The zero-order valence-electron chi connectivity index (χ0n) is 8.86. The van der Waals surface area contributed by atoms with Crippen LogP contribution in [0.4, 0.5) is 0 Å². The van der Waals surface area contributed by atoms with Crippen molar-refractivity contribution < 1.29 is 51.7 Å². The zero-order chi connectivity index (χ0) is 12.0. The summed E-state index contributed by atoms with van der Waals surface area (Å²) < 4.78 is 0. The fourth-order valence-electron chi connectivity index (χ4n) is 0. The maximum absolute atomic E-state index is 8.25. The average Bonchev–Trinajstić information content (AvgIpc) is 2.33. The summed E-state index contributed by atoms with van der Waals surface area (Å²) in [6.45, 7) is 0. The van der Waals surface area contributed by atoms with E-state index in [-0.39, 0.29) is 21.1 Å². The molecule has 6 nitrogen and oxygen atoms in total. The van der Waals surface area contributed by atoms with E-state index in [1.165, 1.54) is 0 Å². The van der Waals surface area contributed by atoms with Gasteiger partial charge in [0.2, 0.25) is 0 Å². The molecule has 0 amide bonds. The molecule has 0 unspecified atom stereocenters. The Kier molecular flexibility index (Phi) is 31300. The topological polar surface area (TPSA) is 138 Å². The molecule has 13 heavy (non-hydrogen) atoms. The average molecular weight is 282 g/mol. The molecule has 0 heterocycles. The van der Waals surface area contributed by atoms with E-state index in [9.17, 15) is 0 Å². The predicted molar refractivity (Wildman–Crippen MR) is 35.5 cm³/mol. The van der Waals surface area contributed by atoms with Crippen molar-refractivity contribution in [2.45, 2.75) is 0 Å². The van der Waals surface area contributed by atoms with E-state index in [0.29, 0.717) is 0 Å². The van der Waals surface area contributed by atoms with Crippen molar-refractivity contribution in [1.82, 2.24) is 0 Å². The molecule has 0 rings (SSSR count). The minimum Gasteiger partial charge on any atom is -0.857 e. The van der Waals surface area contributed by atoms with Crippen LogP contribution in [0.25, 0.3) is 0 Å². The smallest absolute Gasteiger partial charge is 0.857 e. The number of hydrogen-bond donors (Lipinski definition) is 0. The van der Waals surface area contributed by atoms with Gasteiger partial charge in [0, 0.05) is 0 Å². The predicted octanol–water partition coefficient (Wildman–Crippen LogP) is -6.14. The Labute approximate surface area is 94.7 Å². The van der Waals surface area contributed by atoms with E-state index in [4.69, 9.17) is 30.6 Å². The molecule has 0 atom stereocenters. The normalized spacial score (nSPS) is 2.77. The maximum atomic E-state index is 8.25. The van der Waals surface area contributed by atoms with Gasteiger partial charge in [-0.2, -0.15) is 42.7 Å². The largest absolute Gasteiger partial charge is 6.00 e. The van der Waals surface area contributed by atoms with E-state index >= 15 is 0 Å². The second-order valence-corrected chi connectivity index (χ2v) is 0. The molecule has 0 aliphatic rings. The van der Waals surface area contributed by atoms with Crippen LogP contribution >= 0.6 is 0 Å². The van der Waals surface area contributed by atoms with Gasteiger partial charge in [-0.3, -0.25) is 0 Å². The molecule has 0 fully saturated rings. The maximum Gasteiger partial charge on any atom is 6.00 e. The summed E-state index contributed by atoms with van der Waals surface area (Å²) in [6.07, 6.45) is 0. The van der Waals surface area contributed by atoms with Crippen LogP contribution in [0.3, 0.4) is 0 Å². The Morgan fingerprint density at radius 3 is 0.308 bits per heavy atom. The van der Waals surface area contributed by atoms with Gasteiger partial charge < -0.3 is 30.6 Å². The van der Waals surface area contributed by atoms with Gasteiger partial charge in [0.05, 0.1) is 0 Å². The van der Waals surface area contributed by atoms with Gasteiger partial charge in [0.25, 0.3) is 0 Å². The molecule has 0 aliphatic carbocycles. The van der Waals surface area contributed by atoms with Gasteiger partial charge in [0.1, 0.15) is 0 Å². The third kappa shape index (κ3) is 6760. The SMILES string of the molecule is C[O-].C[O-].C[O-].C[O-].C[O-].C[O-].[Mo+6]. The Bertz CT molecular complexity index is 17.1. The summed E-state index contributed by atoms with van der Waals surface area (Å²) in [5, 5.41) is 49.5. The number of hydrogen-bond acceptors (Lipinski definition) is 6. The van der Waals surface area contributed by atoms with Crippen LogP contribution < -0.4 is 30.6 Å². The fourth-order valence-corrected chi connectivity index (χ4v) is 0. The second-order valence-electron chi connectivity index (χ2n) is 0. The van der Waals surface area contributed by atoms with Crippen molar-refractivity contribution in [3.63, 3.8) is 0 Å². The van der Waals surface area contributed by atoms with Crippen LogP contribution in [-0.4, -0.2) is 42.7 Å². The van der Waals surface area contributed by atoms with Crippen LogP contribution in [-0.2, 0) is 21.1 Å². The molecular weight excluding hydrogens is 264 g/mol. The Hall–Kier alpha value is 0.448. The van der Waals surface area contributed by atoms with E-state index in [2.05, 4.69) is 0 Å². The van der Waals surface area contributed by atoms with Crippen LogP contribution in [0.5, 0.6) is 0 Å². The molecule has 0 spiro atoms. The molecule has 0 radical (unpaired) electrons. The van der Waals surface area contributed by atoms with Gasteiger partial charge in [-0.1, -0.05) is 0 Å². The minimum absolute atomic E-state index is 0. The molecule has 0 saturated heterocycles. The first-order chi connectivity index (χ1) is 6.00. The molecule has 0 aromatic rings. The molecule has 0 aliphatic heterocycles. The van der Waals surface area contributed by atoms with Gasteiger partial charge in [0.15, 0.2) is 0 Å². The summed E-state index contributed by atoms with van der Waals surface area (Å²) >= 11 is 0. The van der Waals surface area contributed by atoms with Gasteiger partial charge in [-0.25, -0.2) is 0 Å². The molecule has 0 N–H and O–H groups in total. The monoisotopic (exact) mass is 284 g/mol. The summed E-state index contributed by atoms with van der Waals surface area (Å²) in [5.74, 6) is 0. The van der Waals surface area contributed by atoms with Crippen molar-refractivity contribution in [1.29, 1.82) is 0 Å². The van der Waals surface area contributed by atoms with E-state index in [0.717, 1.165) is 42.7 Å². The Morgan fingerprint density at radius 2 is 0.308 bits per heavy atom. The molecule has 0 aromatic carbocycles. The third-order valence-electron chi connectivity index (χ3n) is 0. The van der Waals surface area contributed by atoms with Crippen molar-refractivity contribution in [3.8, 4) is 0 Å². The summed E-state index contributed by atoms with van der Waals surface area (Å²) in [7, 11) is 4.50. The third-order valence-corrected chi connectivity index (χ3v) is 0. The fraction of sp³-hybridized carbons (Fsp3) is 1.00.